The van der Waals surface area contributed by atoms with E-state index in [0.717, 1.165) is 11.3 Å². The number of nitrogens with one attached hydrogen (secondary N) is 1. The van der Waals surface area contributed by atoms with E-state index in [-0.39, 0.29) is 22.6 Å². The number of halogens is 2. The molecule has 0 bridgehead atoms. The number of nitrogens with zero attached hydrogens (tertiary/aromatic N) is 2. The Morgan fingerprint density at radius 3 is 2.31 bits per heavy atom. The highest BCUT2D eigenvalue weighted by Crippen LogP contribution is 2.27. The van der Waals surface area contributed by atoms with Crippen molar-refractivity contribution in [3.63, 3.8) is 0 Å². The lowest BCUT2D eigenvalue weighted by molar-refractivity contribution is -0.141. The first kappa shape index (κ1) is 23.9. The molecule has 0 saturated carbocycles. The molecule has 1 fully saturated rings. The van der Waals surface area contributed by atoms with Crippen LogP contribution in [0.25, 0.3) is 0 Å². The van der Waals surface area contributed by atoms with Gasteiger partial charge in [-0.1, -0.05) is 23.2 Å². The second kappa shape index (κ2) is 10.2. The van der Waals surface area contributed by atoms with Crippen LogP contribution < -0.4 is 10.1 Å². The molecule has 1 N–H and O–H groups in total. The smallest absolute Gasteiger partial charge is 0.313 e. The molecule has 2 aromatic carbocycles. The molecule has 0 unspecified atom stereocenters. The summed E-state index contributed by atoms with van der Waals surface area (Å²) in [7, 11) is 2.97. The summed E-state index contributed by atoms with van der Waals surface area (Å²) < 4.78 is 6.05. The van der Waals surface area contributed by atoms with E-state index in [9.17, 15) is 14.4 Å². The summed E-state index contributed by atoms with van der Waals surface area (Å²) in [5.41, 5.74) is 1.55. The Kier molecular flexibility index (Phi) is 7.64. The summed E-state index contributed by atoms with van der Waals surface area (Å²) in [6, 6.07) is 10.1. The average molecular weight is 478 g/mol. The van der Waals surface area contributed by atoms with Gasteiger partial charge in [-0.3, -0.25) is 14.4 Å². The number of carbonyl (C=O) groups is 3. The molecule has 0 aromatic heterocycles. The van der Waals surface area contributed by atoms with Crippen LogP contribution in [0.3, 0.4) is 0 Å². The van der Waals surface area contributed by atoms with E-state index in [1.807, 2.05) is 25.1 Å². The molecule has 0 radical (unpaired) electrons. The minimum Gasteiger partial charge on any atom is -0.490 e. The fourth-order valence-electron chi connectivity index (χ4n) is 3.38. The summed E-state index contributed by atoms with van der Waals surface area (Å²) in [5.74, 6) is -0.946. The maximum atomic E-state index is 13.0. The van der Waals surface area contributed by atoms with E-state index >= 15 is 0 Å². The maximum absolute atomic E-state index is 13.0. The van der Waals surface area contributed by atoms with Gasteiger partial charge in [0.25, 0.3) is 5.91 Å². The van der Waals surface area contributed by atoms with E-state index in [0.29, 0.717) is 36.6 Å². The third-order valence-electron chi connectivity index (χ3n) is 5.22. The highest BCUT2D eigenvalue weighted by molar-refractivity contribution is 6.39. The number of aryl methyl sites for hydroxylation is 1. The largest absolute Gasteiger partial charge is 0.490 e. The molecule has 2 aromatic rings. The summed E-state index contributed by atoms with van der Waals surface area (Å²) in [6.45, 7) is 2.96. The Balaban J connectivity index is 1.62. The van der Waals surface area contributed by atoms with Gasteiger partial charge in [0, 0.05) is 50.7 Å². The van der Waals surface area contributed by atoms with Crippen LogP contribution in [0.4, 0.5) is 5.69 Å². The van der Waals surface area contributed by atoms with Crippen molar-refractivity contribution in [1.29, 1.82) is 0 Å². The monoisotopic (exact) mass is 477 g/mol. The Labute approximate surface area is 197 Å². The number of amides is 3. The van der Waals surface area contributed by atoms with Gasteiger partial charge in [0.1, 0.15) is 11.9 Å². The van der Waals surface area contributed by atoms with Crippen LogP contribution in [0, 0.1) is 6.92 Å². The number of likely N-dealkylation sites (N-methyl/N-ethyl adjacent to an activating group) is 1. The number of ether oxygens (including phenoxy) is 1. The van der Waals surface area contributed by atoms with Crippen LogP contribution in [0.15, 0.2) is 36.4 Å². The van der Waals surface area contributed by atoms with E-state index in [1.54, 1.807) is 11.0 Å². The van der Waals surface area contributed by atoms with Crippen molar-refractivity contribution in [2.24, 2.45) is 0 Å². The zero-order valence-corrected chi connectivity index (χ0v) is 19.7. The summed E-state index contributed by atoms with van der Waals surface area (Å²) >= 11 is 12.3. The van der Waals surface area contributed by atoms with Crippen LogP contribution in [0.1, 0.15) is 28.8 Å². The predicted octanol–water partition coefficient (Wildman–Crippen LogP) is 4.01. The third-order valence-corrected chi connectivity index (χ3v) is 5.97. The topological polar surface area (TPSA) is 79.0 Å². The van der Waals surface area contributed by atoms with Crippen molar-refractivity contribution in [2.45, 2.75) is 25.9 Å². The van der Waals surface area contributed by atoms with E-state index in [1.165, 1.54) is 31.1 Å². The normalized spacial score (nSPS) is 14.1. The molecular weight excluding hydrogens is 453 g/mol. The van der Waals surface area contributed by atoms with Crippen molar-refractivity contribution in [3.05, 3.63) is 57.6 Å². The minimum absolute atomic E-state index is 0.00207. The first-order chi connectivity index (χ1) is 15.2. The minimum atomic E-state index is -0.786. The van der Waals surface area contributed by atoms with Crippen LogP contribution >= 0.6 is 23.2 Å². The molecule has 0 atom stereocenters. The SMILES string of the molecule is Cc1cc(OC2CCN(C(=O)c3cc(NC(=O)C(=O)N(C)C)ccc3Cl)CC2)ccc1Cl. The molecule has 7 nitrogen and oxygen atoms in total. The molecule has 0 aliphatic carbocycles. The van der Waals surface area contributed by atoms with Gasteiger partial charge in [-0.05, 0) is 48.9 Å². The molecule has 1 aliphatic heterocycles. The van der Waals surface area contributed by atoms with Crippen molar-refractivity contribution in [1.82, 2.24) is 9.80 Å². The first-order valence-corrected chi connectivity index (χ1v) is 11.0. The number of likely N-dealkylation sites (tertiary alicyclic amines) is 1. The first-order valence-electron chi connectivity index (χ1n) is 10.2. The fourth-order valence-corrected chi connectivity index (χ4v) is 3.70. The van der Waals surface area contributed by atoms with E-state index in [2.05, 4.69) is 5.32 Å². The summed E-state index contributed by atoms with van der Waals surface area (Å²) in [5, 5.41) is 3.48. The zero-order valence-electron chi connectivity index (χ0n) is 18.2. The van der Waals surface area contributed by atoms with Gasteiger partial charge in [0.2, 0.25) is 0 Å². The molecule has 32 heavy (non-hydrogen) atoms. The molecule has 9 heteroatoms. The number of hydrogen-bond acceptors (Lipinski definition) is 4. The second-order valence-electron chi connectivity index (χ2n) is 7.87. The Bertz CT molecular complexity index is 1030. The van der Waals surface area contributed by atoms with Crippen molar-refractivity contribution in [3.8, 4) is 5.75 Å². The number of piperidine rings is 1. The molecule has 1 saturated heterocycles. The third kappa shape index (κ3) is 5.72. The Morgan fingerprint density at radius 2 is 1.69 bits per heavy atom. The Hall–Kier alpha value is -2.77. The van der Waals surface area contributed by atoms with Crippen molar-refractivity contribution in [2.75, 3.05) is 32.5 Å². The van der Waals surface area contributed by atoms with Gasteiger partial charge >= 0.3 is 11.8 Å². The number of benzene rings is 2. The molecule has 0 spiro atoms. The number of carbonyl (C=O) groups excluding carboxylic acids is 3. The standard InChI is InChI=1S/C23H25Cl2N3O4/c1-14-12-17(5-7-19(14)24)32-16-8-10-28(11-9-16)22(30)18-13-15(4-6-20(18)25)26-21(29)23(31)27(2)3/h4-7,12-13,16H,8-11H2,1-3H3,(H,26,29). The molecule has 1 heterocycles. The van der Waals surface area contributed by atoms with Crippen molar-refractivity contribution >= 4 is 46.6 Å². The second-order valence-corrected chi connectivity index (χ2v) is 8.68. The summed E-state index contributed by atoms with van der Waals surface area (Å²) in [4.78, 5) is 39.7. The maximum Gasteiger partial charge on any atom is 0.313 e. The number of rotatable bonds is 4. The van der Waals surface area contributed by atoms with Gasteiger partial charge in [0.15, 0.2) is 0 Å². The molecule has 1 aliphatic rings. The highest BCUT2D eigenvalue weighted by atomic mass is 35.5. The van der Waals surface area contributed by atoms with Gasteiger partial charge in [-0.15, -0.1) is 0 Å². The number of anilines is 1. The molecular formula is C23H25Cl2N3O4. The molecule has 3 rings (SSSR count). The fraction of sp³-hybridized carbons (Fsp3) is 0.348. The van der Waals surface area contributed by atoms with Crippen LogP contribution in [0.2, 0.25) is 10.0 Å². The van der Waals surface area contributed by atoms with Gasteiger partial charge in [0.05, 0.1) is 10.6 Å². The number of hydrogen-bond donors (Lipinski definition) is 1. The highest BCUT2D eigenvalue weighted by Gasteiger charge is 2.26. The van der Waals surface area contributed by atoms with Crippen LogP contribution in [-0.2, 0) is 9.59 Å². The van der Waals surface area contributed by atoms with Gasteiger partial charge in [-0.2, -0.15) is 0 Å². The van der Waals surface area contributed by atoms with E-state index in [4.69, 9.17) is 27.9 Å². The quantitative estimate of drug-likeness (QED) is 0.674. The average Bonchev–Trinajstić information content (AvgIpc) is 2.77. The molecule has 3 amide bonds. The lowest BCUT2D eigenvalue weighted by atomic mass is 10.1. The Morgan fingerprint density at radius 1 is 1.03 bits per heavy atom. The van der Waals surface area contributed by atoms with Crippen molar-refractivity contribution < 1.29 is 19.1 Å². The lowest BCUT2D eigenvalue weighted by Crippen LogP contribution is -2.42. The van der Waals surface area contributed by atoms with Crippen LogP contribution in [-0.4, -0.2) is 60.8 Å². The van der Waals surface area contributed by atoms with Gasteiger partial charge < -0.3 is 19.9 Å². The van der Waals surface area contributed by atoms with Gasteiger partial charge in [-0.25, -0.2) is 0 Å². The van der Waals surface area contributed by atoms with Crippen LogP contribution in [0.5, 0.6) is 5.75 Å². The predicted molar refractivity (Wildman–Crippen MR) is 125 cm³/mol. The van der Waals surface area contributed by atoms with E-state index < -0.39 is 11.8 Å². The molecule has 170 valence electrons. The zero-order chi connectivity index (χ0) is 23.4. The summed E-state index contributed by atoms with van der Waals surface area (Å²) in [6.07, 6.45) is 1.36. The lowest BCUT2D eigenvalue weighted by Gasteiger charge is -2.32.